The Kier molecular flexibility index (Phi) is 10.0. The van der Waals surface area contributed by atoms with E-state index in [1.165, 1.54) is 0 Å². The first-order valence-electron chi connectivity index (χ1n) is 10.3. The van der Waals surface area contributed by atoms with E-state index in [1.807, 2.05) is 0 Å². The average Bonchev–Trinajstić information content (AvgIpc) is 2.69. The van der Waals surface area contributed by atoms with Crippen molar-refractivity contribution in [3.63, 3.8) is 0 Å². The van der Waals surface area contributed by atoms with Crippen molar-refractivity contribution in [1.29, 1.82) is 0 Å². The van der Waals surface area contributed by atoms with Crippen molar-refractivity contribution >= 4 is 23.9 Å². The van der Waals surface area contributed by atoms with Crippen LogP contribution in [0.1, 0.15) is 106 Å². The number of hydrogen-bond acceptors (Lipinski definition) is 6. The van der Waals surface area contributed by atoms with Gasteiger partial charge in [-0.15, -0.1) is 0 Å². The summed E-state index contributed by atoms with van der Waals surface area (Å²) >= 11 is 0. The number of aromatic carboxylic acids is 2. The molecule has 0 saturated heterocycles. The van der Waals surface area contributed by atoms with Crippen LogP contribution >= 0.6 is 0 Å². The molecule has 1 rings (SSSR count). The van der Waals surface area contributed by atoms with E-state index in [0.717, 1.165) is 0 Å². The van der Waals surface area contributed by atoms with Gasteiger partial charge in [0.05, 0.1) is 35.5 Å². The average molecular weight is 422 g/mol. The molecule has 166 valence electrons. The van der Waals surface area contributed by atoms with Crippen LogP contribution in [0.2, 0.25) is 0 Å². The summed E-state index contributed by atoms with van der Waals surface area (Å²) in [5.41, 5.74) is -1.35. The van der Waals surface area contributed by atoms with E-state index < -0.39 is 35.0 Å². The van der Waals surface area contributed by atoms with Crippen LogP contribution in [-0.2, 0) is 22.3 Å². The fourth-order valence-electron chi connectivity index (χ4n) is 3.31. The highest BCUT2D eigenvalue weighted by atomic mass is 16.5. The summed E-state index contributed by atoms with van der Waals surface area (Å²) in [5, 5.41) is 19.8. The Morgan fingerprint density at radius 2 is 0.933 bits per heavy atom. The van der Waals surface area contributed by atoms with Gasteiger partial charge in [0.25, 0.3) is 0 Å². The van der Waals surface area contributed by atoms with Crippen molar-refractivity contribution in [1.82, 2.24) is 0 Å². The second-order valence-electron chi connectivity index (χ2n) is 6.84. The van der Waals surface area contributed by atoms with Gasteiger partial charge in [-0.2, -0.15) is 0 Å². The molecule has 0 unspecified atom stereocenters. The molecule has 30 heavy (non-hydrogen) atoms. The molecule has 0 amide bonds. The van der Waals surface area contributed by atoms with Crippen molar-refractivity contribution < 1.29 is 38.9 Å². The van der Waals surface area contributed by atoms with E-state index in [2.05, 4.69) is 0 Å². The minimum absolute atomic E-state index is 0.0503. The largest absolute Gasteiger partial charge is 0.478 e. The molecule has 1 aromatic carbocycles. The highest BCUT2D eigenvalue weighted by Crippen LogP contribution is 2.32. The molecular formula is C22H30O8. The summed E-state index contributed by atoms with van der Waals surface area (Å²) in [6.45, 7) is 7.26. The fourth-order valence-corrected chi connectivity index (χ4v) is 3.31. The molecule has 1 aromatic rings. The first-order valence-corrected chi connectivity index (χ1v) is 10.3. The van der Waals surface area contributed by atoms with Crippen LogP contribution in [0.5, 0.6) is 0 Å². The summed E-state index contributed by atoms with van der Waals surface area (Å²) in [6, 6.07) is 0. The van der Waals surface area contributed by atoms with Crippen molar-refractivity contribution in [2.24, 2.45) is 0 Å². The number of rotatable bonds is 12. The smallest absolute Gasteiger partial charge is 0.339 e. The van der Waals surface area contributed by atoms with Crippen molar-refractivity contribution in [3.05, 3.63) is 33.4 Å². The lowest BCUT2D eigenvalue weighted by molar-refractivity contribution is 0.0482. The Bertz CT molecular complexity index is 751. The number of carboxylic acid groups (broad SMARTS) is 2. The highest BCUT2D eigenvalue weighted by Gasteiger charge is 2.36. The predicted molar refractivity (Wildman–Crippen MR) is 109 cm³/mol. The Labute approximate surface area is 176 Å². The maximum Gasteiger partial charge on any atom is 0.339 e. The first kappa shape index (κ1) is 25.1. The van der Waals surface area contributed by atoms with Gasteiger partial charge in [-0.1, -0.05) is 40.5 Å². The molecular weight excluding hydrogens is 392 g/mol. The predicted octanol–water partition coefficient (Wildman–Crippen LogP) is 4.12. The monoisotopic (exact) mass is 422 g/mol. The van der Waals surface area contributed by atoms with Crippen LogP contribution in [0.25, 0.3) is 0 Å². The molecule has 0 heterocycles. The third-order valence-electron chi connectivity index (χ3n) is 4.42. The van der Waals surface area contributed by atoms with E-state index in [-0.39, 0.29) is 48.3 Å². The van der Waals surface area contributed by atoms with Crippen molar-refractivity contribution in [3.8, 4) is 0 Å². The molecule has 0 atom stereocenters. The summed E-state index contributed by atoms with van der Waals surface area (Å²) in [4.78, 5) is 50.1. The minimum Gasteiger partial charge on any atom is -0.478 e. The number of carbonyl (C=O) groups excluding carboxylic acids is 2. The van der Waals surface area contributed by atoms with Crippen LogP contribution in [0.3, 0.4) is 0 Å². The first-order chi connectivity index (χ1) is 14.3. The number of carbonyl (C=O) groups is 4. The SMILES string of the molecule is CCCOC(=O)c1c(CCC)c(C(=O)OCCC)c(C(=O)O)c(CCC)c1C(=O)O. The zero-order valence-electron chi connectivity index (χ0n) is 18.0. The number of ether oxygens (including phenoxy) is 2. The van der Waals surface area contributed by atoms with E-state index in [0.29, 0.717) is 25.7 Å². The van der Waals surface area contributed by atoms with Gasteiger partial charge in [-0.25, -0.2) is 19.2 Å². The van der Waals surface area contributed by atoms with E-state index in [9.17, 15) is 29.4 Å². The maximum atomic E-state index is 12.9. The Morgan fingerprint density at radius 3 is 1.20 bits per heavy atom. The van der Waals surface area contributed by atoms with Crippen LogP contribution < -0.4 is 0 Å². The van der Waals surface area contributed by atoms with Crippen LogP contribution in [0.4, 0.5) is 0 Å². The standard InChI is InChI=1S/C22H30O8/c1-5-9-13-15(19(23)24)17(21(27)29-11-7-3)14(10-6-2)18(16(13)20(25)26)22(28)30-12-8-4/h5-12H2,1-4H3,(H,23,24)(H,25,26). The zero-order chi connectivity index (χ0) is 22.8. The van der Waals surface area contributed by atoms with Gasteiger partial charge in [0.15, 0.2) is 0 Å². The number of carboxylic acids is 2. The highest BCUT2D eigenvalue weighted by molar-refractivity contribution is 6.13. The number of esters is 2. The van der Waals surface area contributed by atoms with Crippen LogP contribution in [0, 0.1) is 0 Å². The molecule has 0 aliphatic carbocycles. The Morgan fingerprint density at radius 1 is 0.600 bits per heavy atom. The zero-order valence-corrected chi connectivity index (χ0v) is 18.0. The van der Waals surface area contributed by atoms with Gasteiger partial charge >= 0.3 is 23.9 Å². The number of hydrogen-bond donors (Lipinski definition) is 2. The summed E-state index contributed by atoms with van der Waals surface area (Å²) in [7, 11) is 0. The molecule has 8 nitrogen and oxygen atoms in total. The van der Waals surface area contributed by atoms with Crippen molar-refractivity contribution in [2.45, 2.75) is 66.2 Å². The fraction of sp³-hybridized carbons (Fsp3) is 0.545. The van der Waals surface area contributed by atoms with Gasteiger partial charge < -0.3 is 19.7 Å². The summed E-state index contributed by atoms with van der Waals surface area (Å²) in [6.07, 6.45) is 2.11. The van der Waals surface area contributed by atoms with Gasteiger partial charge in [-0.3, -0.25) is 0 Å². The maximum absolute atomic E-state index is 12.9. The second-order valence-corrected chi connectivity index (χ2v) is 6.84. The molecule has 2 N–H and O–H groups in total. The molecule has 0 radical (unpaired) electrons. The third-order valence-corrected chi connectivity index (χ3v) is 4.42. The van der Waals surface area contributed by atoms with Gasteiger partial charge in [0.1, 0.15) is 0 Å². The van der Waals surface area contributed by atoms with E-state index in [4.69, 9.17) is 9.47 Å². The molecule has 8 heteroatoms. The summed E-state index contributed by atoms with van der Waals surface area (Å²) in [5.74, 6) is -4.63. The van der Waals surface area contributed by atoms with Gasteiger partial charge in [0.2, 0.25) is 0 Å². The molecule has 0 bridgehead atoms. The molecule has 0 fully saturated rings. The molecule has 0 aliphatic heterocycles. The normalized spacial score (nSPS) is 10.5. The molecule has 0 aliphatic rings. The Balaban J connectivity index is 4.11. The van der Waals surface area contributed by atoms with Crippen LogP contribution in [-0.4, -0.2) is 47.3 Å². The van der Waals surface area contributed by atoms with Crippen LogP contribution in [0.15, 0.2) is 0 Å². The molecule has 0 saturated carbocycles. The van der Waals surface area contributed by atoms with Crippen molar-refractivity contribution in [2.75, 3.05) is 13.2 Å². The molecule has 0 spiro atoms. The minimum atomic E-state index is -1.43. The number of benzene rings is 1. The second kappa shape index (κ2) is 11.9. The topological polar surface area (TPSA) is 127 Å². The van der Waals surface area contributed by atoms with Gasteiger partial charge in [0, 0.05) is 0 Å². The lowest BCUT2D eigenvalue weighted by atomic mass is 9.83. The summed E-state index contributed by atoms with van der Waals surface area (Å²) < 4.78 is 10.4. The van der Waals surface area contributed by atoms with E-state index in [1.54, 1.807) is 27.7 Å². The van der Waals surface area contributed by atoms with Gasteiger partial charge in [-0.05, 0) is 36.8 Å². The Hall–Kier alpha value is -2.90. The molecule has 0 aromatic heterocycles. The lowest BCUT2D eigenvalue weighted by Gasteiger charge is -2.22. The van der Waals surface area contributed by atoms with E-state index >= 15 is 0 Å². The quantitative estimate of drug-likeness (QED) is 0.482. The third kappa shape index (κ3) is 5.58. The lowest BCUT2D eigenvalue weighted by Crippen LogP contribution is -2.26.